The first-order valence-corrected chi connectivity index (χ1v) is 10.8. The third kappa shape index (κ3) is 5.25. The van der Waals surface area contributed by atoms with Crippen LogP contribution in [0.3, 0.4) is 0 Å². The van der Waals surface area contributed by atoms with Crippen molar-refractivity contribution in [1.82, 2.24) is 19.8 Å². The van der Waals surface area contributed by atoms with Crippen molar-refractivity contribution >= 4 is 16.7 Å². The molecule has 9 heteroatoms. The Labute approximate surface area is 174 Å². The van der Waals surface area contributed by atoms with Gasteiger partial charge in [-0.2, -0.15) is 13.2 Å². The minimum atomic E-state index is -4.18. The predicted octanol–water partition coefficient (Wildman–Crippen LogP) is 3.28. The summed E-state index contributed by atoms with van der Waals surface area (Å²) in [6.45, 7) is 4.59. The molecule has 0 aromatic carbocycles. The summed E-state index contributed by atoms with van der Waals surface area (Å²) in [5.74, 6) is 0.468. The Morgan fingerprint density at radius 2 is 1.90 bits per heavy atom. The van der Waals surface area contributed by atoms with Crippen LogP contribution in [0.5, 0.6) is 0 Å². The van der Waals surface area contributed by atoms with Crippen LogP contribution in [0.2, 0.25) is 0 Å². The van der Waals surface area contributed by atoms with Gasteiger partial charge in [-0.15, -0.1) is 0 Å². The first-order valence-electron chi connectivity index (χ1n) is 10.8. The molecule has 1 saturated heterocycles. The smallest absolute Gasteiger partial charge is 0.390 e. The Hall–Kier alpha value is -1.84. The molecule has 3 heterocycles. The second-order valence-electron chi connectivity index (χ2n) is 8.43. The molecule has 2 aromatic heterocycles. The number of nitrogens with one attached hydrogen (secondary N) is 2. The lowest BCUT2D eigenvalue weighted by molar-refractivity contribution is -0.131. The van der Waals surface area contributed by atoms with Crippen molar-refractivity contribution in [2.24, 2.45) is 0 Å². The van der Waals surface area contributed by atoms with Crippen LogP contribution in [0.1, 0.15) is 43.7 Å². The molecule has 0 radical (unpaired) electrons. The van der Waals surface area contributed by atoms with E-state index in [2.05, 4.69) is 31.3 Å². The highest BCUT2D eigenvalue weighted by Gasteiger charge is 2.27. The van der Waals surface area contributed by atoms with Crippen LogP contribution in [-0.4, -0.2) is 64.6 Å². The minimum Gasteiger partial charge on any atom is -0.393 e. The first-order chi connectivity index (χ1) is 14.4. The zero-order valence-corrected chi connectivity index (χ0v) is 17.1. The molecule has 0 atom stereocenters. The van der Waals surface area contributed by atoms with Gasteiger partial charge in [-0.3, -0.25) is 4.90 Å². The van der Waals surface area contributed by atoms with Crippen molar-refractivity contribution in [3.8, 4) is 0 Å². The molecule has 0 amide bonds. The van der Waals surface area contributed by atoms with Crippen LogP contribution in [0.15, 0.2) is 18.5 Å². The average molecular weight is 425 g/mol. The third-order valence-electron chi connectivity index (χ3n) is 6.18. The fraction of sp³-hybridized carbons (Fsp3) is 0.667. The maximum Gasteiger partial charge on any atom is 0.390 e. The lowest BCUT2D eigenvalue weighted by atomic mass is 9.93. The second-order valence-corrected chi connectivity index (χ2v) is 8.43. The summed E-state index contributed by atoms with van der Waals surface area (Å²) in [7, 11) is 0. The normalized spacial score (nSPS) is 23.7. The van der Waals surface area contributed by atoms with Crippen molar-refractivity contribution in [3.05, 3.63) is 24.0 Å². The number of anilines is 1. The fourth-order valence-corrected chi connectivity index (χ4v) is 4.52. The van der Waals surface area contributed by atoms with Gasteiger partial charge in [0.2, 0.25) is 0 Å². The summed E-state index contributed by atoms with van der Waals surface area (Å²) in [5.41, 5.74) is 2.21. The quantitative estimate of drug-likeness (QED) is 0.663. The highest BCUT2D eigenvalue weighted by molar-refractivity contribution is 5.85. The number of aliphatic hydroxyl groups excluding tert-OH is 1. The van der Waals surface area contributed by atoms with Gasteiger partial charge < -0.3 is 20.3 Å². The van der Waals surface area contributed by atoms with Gasteiger partial charge in [-0.1, -0.05) is 0 Å². The van der Waals surface area contributed by atoms with Gasteiger partial charge in [0.1, 0.15) is 5.82 Å². The second kappa shape index (κ2) is 9.11. The van der Waals surface area contributed by atoms with Gasteiger partial charge in [0.15, 0.2) is 0 Å². The lowest BCUT2D eigenvalue weighted by Crippen LogP contribution is -2.42. The summed E-state index contributed by atoms with van der Waals surface area (Å²) >= 11 is 0. The Kier molecular flexibility index (Phi) is 6.50. The van der Waals surface area contributed by atoms with Crippen molar-refractivity contribution < 1.29 is 18.3 Å². The maximum atomic E-state index is 12.5. The number of nitrogens with zero attached hydrogens (tertiary/aromatic N) is 3. The SMILES string of the molecule is O[C@H]1CC[C@H](n2cc(CN3CCNCC3)c3cnc(NCCC(F)(F)F)cc32)CC1. The molecule has 30 heavy (non-hydrogen) atoms. The average Bonchev–Trinajstić information content (AvgIpc) is 3.06. The lowest BCUT2D eigenvalue weighted by Gasteiger charge is -2.28. The number of aromatic nitrogens is 2. The molecular weight excluding hydrogens is 395 g/mol. The minimum absolute atomic E-state index is 0.189. The predicted molar refractivity (Wildman–Crippen MR) is 111 cm³/mol. The van der Waals surface area contributed by atoms with Crippen molar-refractivity contribution in [2.75, 3.05) is 38.0 Å². The number of rotatable bonds is 6. The van der Waals surface area contributed by atoms with Crippen molar-refractivity contribution in [3.63, 3.8) is 0 Å². The summed E-state index contributed by atoms with van der Waals surface area (Å²) in [5, 5.41) is 17.1. The van der Waals surface area contributed by atoms with Gasteiger partial charge in [-0.25, -0.2) is 4.98 Å². The summed E-state index contributed by atoms with van der Waals surface area (Å²) in [4.78, 5) is 6.80. The number of fused-ring (bicyclic) bond motifs is 1. The van der Waals surface area contributed by atoms with Crippen LogP contribution in [-0.2, 0) is 6.54 Å². The number of piperazine rings is 1. The number of aliphatic hydroxyl groups is 1. The third-order valence-corrected chi connectivity index (χ3v) is 6.18. The van der Waals surface area contributed by atoms with E-state index < -0.39 is 12.6 Å². The molecule has 2 aliphatic rings. The maximum absolute atomic E-state index is 12.5. The van der Waals surface area contributed by atoms with E-state index in [1.165, 1.54) is 5.56 Å². The molecule has 0 unspecified atom stereocenters. The van der Waals surface area contributed by atoms with E-state index in [9.17, 15) is 18.3 Å². The largest absolute Gasteiger partial charge is 0.393 e. The van der Waals surface area contributed by atoms with Crippen molar-refractivity contribution in [1.29, 1.82) is 0 Å². The van der Waals surface area contributed by atoms with Crippen molar-refractivity contribution in [2.45, 2.75) is 57.0 Å². The highest BCUT2D eigenvalue weighted by Crippen LogP contribution is 2.34. The number of hydrogen-bond acceptors (Lipinski definition) is 5. The van der Waals surface area contributed by atoms with E-state index in [1.54, 1.807) is 6.20 Å². The van der Waals surface area contributed by atoms with Gasteiger partial charge in [0.05, 0.1) is 18.0 Å². The highest BCUT2D eigenvalue weighted by atomic mass is 19.4. The number of halogens is 3. The zero-order chi connectivity index (χ0) is 21.1. The van der Waals surface area contributed by atoms with Gasteiger partial charge in [-0.05, 0) is 31.2 Å². The van der Waals surface area contributed by atoms with E-state index in [0.717, 1.165) is 69.3 Å². The molecule has 3 N–H and O–H groups in total. The molecule has 1 aliphatic carbocycles. The Balaban J connectivity index is 1.59. The number of pyridine rings is 1. The molecule has 1 saturated carbocycles. The van der Waals surface area contributed by atoms with E-state index >= 15 is 0 Å². The van der Waals surface area contributed by atoms with E-state index in [4.69, 9.17) is 0 Å². The molecule has 1 aliphatic heterocycles. The summed E-state index contributed by atoms with van der Waals surface area (Å²) in [6, 6.07) is 2.16. The summed E-state index contributed by atoms with van der Waals surface area (Å²) < 4.78 is 39.7. The van der Waals surface area contributed by atoms with Crippen LogP contribution >= 0.6 is 0 Å². The van der Waals surface area contributed by atoms with Crippen LogP contribution in [0, 0.1) is 0 Å². The topological polar surface area (TPSA) is 65.3 Å². The van der Waals surface area contributed by atoms with Gasteiger partial charge in [0.25, 0.3) is 0 Å². The van der Waals surface area contributed by atoms with E-state index in [0.29, 0.717) is 5.82 Å². The van der Waals surface area contributed by atoms with E-state index in [1.807, 2.05) is 6.07 Å². The molecule has 4 rings (SSSR count). The van der Waals surface area contributed by atoms with Crippen LogP contribution in [0.25, 0.3) is 10.9 Å². The van der Waals surface area contributed by atoms with Crippen LogP contribution in [0.4, 0.5) is 19.0 Å². The van der Waals surface area contributed by atoms with Gasteiger partial charge >= 0.3 is 6.18 Å². The molecule has 166 valence electrons. The Morgan fingerprint density at radius 3 is 2.60 bits per heavy atom. The molecular formula is C21H30F3N5O. The number of alkyl halides is 3. The Morgan fingerprint density at radius 1 is 1.17 bits per heavy atom. The molecule has 0 spiro atoms. The first kappa shape index (κ1) is 21.4. The molecule has 2 fully saturated rings. The molecule has 6 nitrogen and oxygen atoms in total. The fourth-order valence-electron chi connectivity index (χ4n) is 4.52. The van der Waals surface area contributed by atoms with Crippen LogP contribution < -0.4 is 10.6 Å². The zero-order valence-electron chi connectivity index (χ0n) is 17.1. The Bertz CT molecular complexity index is 839. The monoisotopic (exact) mass is 425 g/mol. The molecule has 2 aromatic rings. The number of hydrogen-bond donors (Lipinski definition) is 3. The summed E-state index contributed by atoms with van der Waals surface area (Å²) in [6.07, 6.45) is 2.03. The molecule has 0 bridgehead atoms. The van der Waals surface area contributed by atoms with Gasteiger partial charge in [0, 0.05) is 69.2 Å². The van der Waals surface area contributed by atoms with E-state index in [-0.39, 0.29) is 18.7 Å². The standard InChI is InChI=1S/C21H30F3N5O/c22-21(23,24)5-6-26-20-11-19-18(12-27-20)15(13-28-9-7-25-8-10-28)14-29(19)16-1-3-17(30)4-2-16/h11-12,14,16-17,25,30H,1-10,13H2,(H,26,27)/t16-,17-.